The number of benzene rings is 1. The molecule has 0 bridgehead atoms. The highest BCUT2D eigenvalue weighted by Gasteiger charge is 2.09. The lowest BCUT2D eigenvalue weighted by Crippen LogP contribution is -2.23. The van der Waals surface area contributed by atoms with Crippen LogP contribution >= 0.6 is 47.8 Å². The fourth-order valence-corrected chi connectivity index (χ4v) is 3.70. The molecule has 6 heteroatoms. The smallest absolute Gasteiger partial charge is 0.173 e. The van der Waals surface area contributed by atoms with Crippen LogP contribution in [0.5, 0.6) is 0 Å². The van der Waals surface area contributed by atoms with Crippen LogP contribution in [0.2, 0.25) is 0 Å². The minimum Gasteiger partial charge on any atom is -0.378 e. The van der Waals surface area contributed by atoms with Crippen molar-refractivity contribution in [3.63, 3.8) is 0 Å². The molecule has 1 N–H and O–H groups in total. The Labute approximate surface area is 120 Å². The fourth-order valence-electron chi connectivity index (χ4n) is 1.16. The van der Waals surface area contributed by atoms with Crippen LogP contribution < -0.4 is 5.32 Å². The van der Waals surface area contributed by atoms with E-state index < -0.39 is 0 Å². The van der Waals surface area contributed by atoms with Crippen molar-refractivity contribution < 1.29 is 9.47 Å². The summed E-state index contributed by atoms with van der Waals surface area (Å²) < 4.78 is 13.2. The van der Waals surface area contributed by atoms with Gasteiger partial charge in [-0.3, -0.25) is 0 Å². The molecular formula is C10H12Br3NO2. The average molecular weight is 418 g/mol. The highest BCUT2D eigenvalue weighted by molar-refractivity contribution is 9.11. The van der Waals surface area contributed by atoms with Crippen molar-refractivity contribution >= 4 is 53.5 Å². The van der Waals surface area contributed by atoms with E-state index in [4.69, 9.17) is 9.47 Å². The zero-order valence-electron chi connectivity index (χ0n) is 8.89. The van der Waals surface area contributed by atoms with Crippen LogP contribution in [0.4, 0.5) is 5.69 Å². The lowest BCUT2D eigenvalue weighted by molar-refractivity contribution is -0.0914. The summed E-state index contributed by atoms with van der Waals surface area (Å²) in [7, 11) is 3.23. The van der Waals surface area contributed by atoms with Crippen molar-refractivity contribution in [2.75, 3.05) is 26.1 Å². The Morgan fingerprint density at radius 3 is 2.06 bits per heavy atom. The molecule has 0 fully saturated rings. The number of methoxy groups -OCH3 is 2. The van der Waals surface area contributed by atoms with Gasteiger partial charge in [0.15, 0.2) is 6.29 Å². The number of hydrogen-bond donors (Lipinski definition) is 1. The lowest BCUT2D eigenvalue weighted by atomic mass is 10.3. The van der Waals surface area contributed by atoms with Crippen molar-refractivity contribution in [2.24, 2.45) is 0 Å². The molecule has 0 aliphatic rings. The van der Waals surface area contributed by atoms with E-state index >= 15 is 0 Å². The summed E-state index contributed by atoms with van der Waals surface area (Å²) >= 11 is 10.4. The van der Waals surface area contributed by atoms with E-state index in [-0.39, 0.29) is 6.29 Å². The number of anilines is 1. The van der Waals surface area contributed by atoms with Gasteiger partial charge in [0, 0.05) is 27.6 Å². The molecule has 16 heavy (non-hydrogen) atoms. The Kier molecular flexibility index (Phi) is 6.28. The van der Waals surface area contributed by atoms with Crippen LogP contribution in [0.1, 0.15) is 0 Å². The second-order valence-corrected chi connectivity index (χ2v) is 5.65. The van der Waals surface area contributed by atoms with E-state index in [9.17, 15) is 0 Å². The van der Waals surface area contributed by atoms with Gasteiger partial charge in [-0.1, -0.05) is 15.9 Å². The van der Waals surface area contributed by atoms with E-state index in [0.717, 1.165) is 19.1 Å². The van der Waals surface area contributed by atoms with Gasteiger partial charge < -0.3 is 14.8 Å². The monoisotopic (exact) mass is 415 g/mol. The number of halogens is 3. The molecule has 0 aliphatic heterocycles. The predicted octanol–water partition coefficient (Wildman–Crippen LogP) is 4.00. The first-order valence-electron chi connectivity index (χ1n) is 4.52. The highest BCUT2D eigenvalue weighted by atomic mass is 79.9. The molecule has 0 heterocycles. The Morgan fingerprint density at radius 2 is 1.62 bits per heavy atom. The molecule has 1 aromatic rings. The van der Waals surface area contributed by atoms with Gasteiger partial charge in [-0.2, -0.15) is 0 Å². The van der Waals surface area contributed by atoms with Gasteiger partial charge in [0.25, 0.3) is 0 Å². The molecule has 0 aliphatic carbocycles. The normalized spacial score (nSPS) is 10.9. The third-order valence-corrected chi connectivity index (χ3v) is 3.69. The summed E-state index contributed by atoms with van der Waals surface area (Å²) in [5.41, 5.74) is 0.974. The molecule has 3 nitrogen and oxygen atoms in total. The standard InChI is InChI=1S/C10H12Br3NO2/c1-15-9(16-2)5-14-10-7(12)3-6(11)4-8(10)13/h3-4,9,14H,5H2,1-2H3. The Balaban J connectivity index is 2.74. The van der Waals surface area contributed by atoms with Crippen molar-refractivity contribution in [1.82, 2.24) is 0 Å². The van der Waals surface area contributed by atoms with Gasteiger partial charge in [-0.05, 0) is 44.0 Å². The number of ether oxygens (including phenoxy) is 2. The molecular weight excluding hydrogens is 406 g/mol. The van der Waals surface area contributed by atoms with E-state index in [1.807, 2.05) is 12.1 Å². The molecule has 1 rings (SSSR count). The van der Waals surface area contributed by atoms with E-state index in [1.165, 1.54) is 0 Å². The van der Waals surface area contributed by atoms with Crippen molar-refractivity contribution in [1.29, 1.82) is 0 Å². The molecule has 90 valence electrons. The molecule has 1 aromatic carbocycles. The van der Waals surface area contributed by atoms with Gasteiger partial charge in [-0.25, -0.2) is 0 Å². The molecule has 0 unspecified atom stereocenters. The largest absolute Gasteiger partial charge is 0.378 e. The van der Waals surface area contributed by atoms with E-state index in [1.54, 1.807) is 14.2 Å². The quantitative estimate of drug-likeness (QED) is 0.734. The first-order chi connectivity index (χ1) is 7.58. The summed E-state index contributed by atoms with van der Waals surface area (Å²) in [5, 5.41) is 3.25. The molecule has 0 aromatic heterocycles. The zero-order valence-corrected chi connectivity index (χ0v) is 13.6. The number of rotatable bonds is 5. The van der Waals surface area contributed by atoms with Gasteiger partial charge in [-0.15, -0.1) is 0 Å². The minimum atomic E-state index is -0.262. The summed E-state index contributed by atoms with van der Waals surface area (Å²) in [4.78, 5) is 0. The maximum absolute atomic E-state index is 5.10. The first kappa shape index (κ1) is 14.4. The molecule has 0 saturated heterocycles. The van der Waals surface area contributed by atoms with E-state index in [0.29, 0.717) is 6.54 Å². The Bertz CT molecular complexity index is 333. The number of hydrogen-bond acceptors (Lipinski definition) is 3. The SMILES string of the molecule is COC(CNc1c(Br)cc(Br)cc1Br)OC. The Morgan fingerprint density at radius 1 is 1.12 bits per heavy atom. The molecule has 0 radical (unpaired) electrons. The molecule has 0 saturated carbocycles. The summed E-state index contributed by atoms with van der Waals surface area (Å²) in [6.07, 6.45) is -0.262. The average Bonchev–Trinajstić information content (AvgIpc) is 2.22. The third-order valence-electron chi connectivity index (χ3n) is 1.98. The minimum absolute atomic E-state index is 0.262. The molecule has 0 amide bonds. The fraction of sp³-hybridized carbons (Fsp3) is 0.400. The van der Waals surface area contributed by atoms with Crippen molar-refractivity contribution in [3.8, 4) is 0 Å². The molecule has 0 spiro atoms. The van der Waals surface area contributed by atoms with Crippen LogP contribution in [-0.2, 0) is 9.47 Å². The van der Waals surface area contributed by atoms with Crippen LogP contribution in [-0.4, -0.2) is 27.1 Å². The topological polar surface area (TPSA) is 30.5 Å². The van der Waals surface area contributed by atoms with E-state index in [2.05, 4.69) is 53.1 Å². The maximum Gasteiger partial charge on any atom is 0.173 e. The van der Waals surface area contributed by atoms with Crippen molar-refractivity contribution in [3.05, 3.63) is 25.6 Å². The summed E-state index contributed by atoms with van der Waals surface area (Å²) in [6, 6.07) is 3.95. The summed E-state index contributed by atoms with van der Waals surface area (Å²) in [6.45, 7) is 0.575. The zero-order chi connectivity index (χ0) is 12.1. The second-order valence-electron chi connectivity index (χ2n) is 3.03. The van der Waals surface area contributed by atoms with Gasteiger partial charge >= 0.3 is 0 Å². The third kappa shape index (κ3) is 4.00. The van der Waals surface area contributed by atoms with Gasteiger partial charge in [0.1, 0.15) is 0 Å². The van der Waals surface area contributed by atoms with Crippen LogP contribution in [0.15, 0.2) is 25.6 Å². The van der Waals surface area contributed by atoms with Gasteiger partial charge in [0.2, 0.25) is 0 Å². The number of nitrogens with one attached hydrogen (secondary N) is 1. The lowest BCUT2D eigenvalue weighted by Gasteiger charge is -2.17. The van der Waals surface area contributed by atoms with Crippen LogP contribution in [0, 0.1) is 0 Å². The Hall–Kier alpha value is 0.380. The maximum atomic E-state index is 5.10. The van der Waals surface area contributed by atoms with Crippen molar-refractivity contribution in [2.45, 2.75) is 6.29 Å². The second kappa shape index (κ2) is 6.96. The highest BCUT2D eigenvalue weighted by Crippen LogP contribution is 2.34. The predicted molar refractivity (Wildman–Crippen MR) is 75.8 cm³/mol. The molecule has 0 atom stereocenters. The van der Waals surface area contributed by atoms with Crippen LogP contribution in [0.3, 0.4) is 0 Å². The first-order valence-corrected chi connectivity index (χ1v) is 6.90. The van der Waals surface area contributed by atoms with Crippen LogP contribution in [0.25, 0.3) is 0 Å². The summed E-state index contributed by atoms with van der Waals surface area (Å²) in [5.74, 6) is 0. The van der Waals surface area contributed by atoms with Gasteiger partial charge in [0.05, 0.1) is 12.2 Å².